The van der Waals surface area contributed by atoms with Gasteiger partial charge in [0.15, 0.2) is 0 Å². The van der Waals surface area contributed by atoms with Crippen LogP contribution in [0.5, 0.6) is 0 Å². The Labute approximate surface area is 335 Å². The standard InChI is InChI=1S/C42H53N7O5S2/c1-46(2)24-23-35(31-55-37-14-7-4-8-15-37)44-40-22-21-38(29-41(40)49(51)52)56(53,54)45-42(50)32-17-19-36(20-18-32)48-27-25-47(26-28-48)30-33-11-9-10-16-39(33)43-34-12-5-3-6-13-34/h4,7-11,14-22,29,34-35,43-44H,3,5-6,12-13,23-28,30-31H2,1-2H3,(H,45,50). The summed E-state index contributed by atoms with van der Waals surface area (Å²) in [4.78, 5) is 32.2. The lowest BCUT2D eigenvalue weighted by Gasteiger charge is -2.36. The predicted molar refractivity (Wildman–Crippen MR) is 226 cm³/mol. The first-order valence-electron chi connectivity index (χ1n) is 19.4. The molecule has 56 heavy (non-hydrogen) atoms. The predicted octanol–water partition coefficient (Wildman–Crippen LogP) is 7.30. The zero-order valence-corrected chi connectivity index (χ0v) is 33.9. The van der Waals surface area contributed by atoms with Crippen molar-refractivity contribution in [3.05, 3.63) is 118 Å². The van der Waals surface area contributed by atoms with Gasteiger partial charge in [-0.25, -0.2) is 13.1 Å². The molecule has 4 aromatic rings. The first kappa shape index (κ1) is 41.0. The highest BCUT2D eigenvalue weighted by molar-refractivity contribution is 7.99. The Morgan fingerprint density at radius 1 is 0.893 bits per heavy atom. The number of nitro benzene ring substituents is 1. The summed E-state index contributed by atoms with van der Waals surface area (Å²) in [5.41, 5.74) is 3.50. The second-order valence-electron chi connectivity index (χ2n) is 14.9. The molecule has 1 unspecified atom stereocenters. The Morgan fingerprint density at radius 2 is 1.59 bits per heavy atom. The molecule has 1 saturated heterocycles. The SMILES string of the molecule is CN(C)CCC(CSc1ccccc1)Nc1ccc(S(=O)(=O)NC(=O)c2ccc(N3CCN(Cc4ccccc4NC4CCCCC4)CC3)cc2)cc1[N+](=O)[O-]. The third kappa shape index (κ3) is 11.5. The number of benzene rings is 4. The maximum Gasteiger partial charge on any atom is 0.293 e. The molecular formula is C42H53N7O5S2. The summed E-state index contributed by atoms with van der Waals surface area (Å²) >= 11 is 1.64. The fraction of sp³-hybridized carbons (Fsp3) is 0.405. The van der Waals surface area contributed by atoms with Crippen LogP contribution in [-0.4, -0.2) is 93.7 Å². The number of nitrogens with one attached hydrogen (secondary N) is 3. The van der Waals surface area contributed by atoms with Gasteiger partial charge in [0.05, 0.1) is 9.82 Å². The average molecular weight is 800 g/mol. The van der Waals surface area contributed by atoms with Crippen LogP contribution in [0.25, 0.3) is 0 Å². The van der Waals surface area contributed by atoms with Crippen LogP contribution in [0.15, 0.2) is 107 Å². The summed E-state index contributed by atoms with van der Waals surface area (Å²) in [6.07, 6.45) is 7.09. The highest BCUT2D eigenvalue weighted by Gasteiger charge is 2.26. The Bertz CT molecular complexity index is 2020. The van der Waals surface area contributed by atoms with E-state index in [1.807, 2.05) is 61.5 Å². The van der Waals surface area contributed by atoms with E-state index in [0.29, 0.717) is 18.2 Å². The number of piperazine rings is 1. The molecule has 6 rings (SSSR count). The van der Waals surface area contributed by atoms with E-state index in [4.69, 9.17) is 0 Å². The highest BCUT2D eigenvalue weighted by atomic mass is 32.2. The van der Waals surface area contributed by atoms with Crippen LogP contribution >= 0.6 is 11.8 Å². The van der Waals surface area contributed by atoms with Gasteiger partial charge in [-0.1, -0.05) is 55.7 Å². The second-order valence-corrected chi connectivity index (χ2v) is 17.7. The van der Waals surface area contributed by atoms with Crippen LogP contribution in [0, 0.1) is 10.1 Å². The van der Waals surface area contributed by atoms with E-state index in [1.165, 1.54) is 55.5 Å². The third-order valence-electron chi connectivity index (χ3n) is 10.4. The fourth-order valence-corrected chi connectivity index (χ4v) is 9.22. The van der Waals surface area contributed by atoms with Gasteiger partial charge in [0.25, 0.3) is 21.6 Å². The van der Waals surface area contributed by atoms with Crippen molar-refractivity contribution in [2.24, 2.45) is 0 Å². The summed E-state index contributed by atoms with van der Waals surface area (Å²) in [6.45, 7) is 5.06. The Morgan fingerprint density at radius 3 is 2.29 bits per heavy atom. The first-order chi connectivity index (χ1) is 27.0. The van der Waals surface area contributed by atoms with Crippen LogP contribution in [0.2, 0.25) is 0 Å². The molecule has 1 saturated carbocycles. The van der Waals surface area contributed by atoms with Crippen LogP contribution in [-0.2, 0) is 16.6 Å². The number of nitro groups is 1. The molecule has 0 radical (unpaired) electrons. The van der Waals surface area contributed by atoms with E-state index in [0.717, 1.165) is 55.9 Å². The number of sulfonamides is 1. The minimum atomic E-state index is -4.41. The van der Waals surface area contributed by atoms with Gasteiger partial charge < -0.3 is 20.4 Å². The van der Waals surface area contributed by atoms with Gasteiger partial charge in [-0.05, 0) is 100 Å². The lowest BCUT2D eigenvalue weighted by atomic mass is 9.95. The van der Waals surface area contributed by atoms with Gasteiger partial charge in [-0.2, -0.15) is 0 Å². The number of carbonyl (C=O) groups excluding carboxylic acids is 1. The van der Waals surface area contributed by atoms with E-state index in [-0.39, 0.29) is 27.9 Å². The second kappa shape index (κ2) is 19.5. The molecule has 0 aromatic heterocycles. The Hall–Kier alpha value is -4.63. The summed E-state index contributed by atoms with van der Waals surface area (Å²) < 4.78 is 28.8. The summed E-state index contributed by atoms with van der Waals surface area (Å²) in [5.74, 6) is -0.165. The molecule has 1 atom stereocenters. The topological polar surface area (TPSA) is 140 Å². The maximum absolute atomic E-state index is 13.4. The molecule has 1 amide bonds. The number of rotatable bonds is 17. The fourth-order valence-electron chi connectivity index (χ4n) is 7.23. The van der Waals surface area contributed by atoms with E-state index in [9.17, 15) is 23.3 Å². The normalized spacial score (nSPS) is 16.0. The van der Waals surface area contributed by atoms with E-state index in [2.05, 4.69) is 49.4 Å². The van der Waals surface area contributed by atoms with Gasteiger partial charge in [0.2, 0.25) is 0 Å². The number of amides is 1. The molecule has 3 N–H and O–H groups in total. The molecule has 12 nitrogen and oxygen atoms in total. The number of nitrogens with zero attached hydrogens (tertiary/aromatic N) is 4. The zero-order chi connectivity index (χ0) is 39.5. The number of carbonyl (C=O) groups is 1. The van der Waals surface area contributed by atoms with Crippen molar-refractivity contribution >= 4 is 50.4 Å². The van der Waals surface area contributed by atoms with Gasteiger partial charge >= 0.3 is 0 Å². The Kier molecular flexibility index (Phi) is 14.3. The smallest absolute Gasteiger partial charge is 0.293 e. The minimum Gasteiger partial charge on any atom is -0.382 e. The molecule has 298 valence electrons. The summed E-state index contributed by atoms with van der Waals surface area (Å²) in [6, 6.07) is 29.5. The molecule has 0 bridgehead atoms. The molecule has 2 aliphatic rings. The molecule has 0 spiro atoms. The first-order valence-corrected chi connectivity index (χ1v) is 21.9. The number of hydrogen-bond donors (Lipinski definition) is 3. The van der Waals surface area contributed by atoms with Crippen molar-refractivity contribution in [3.8, 4) is 0 Å². The summed E-state index contributed by atoms with van der Waals surface area (Å²) in [5, 5.41) is 19.3. The number of thioether (sulfide) groups is 1. The van der Waals surface area contributed by atoms with Crippen LogP contribution in [0.1, 0.15) is 54.4 Å². The monoisotopic (exact) mass is 799 g/mol. The van der Waals surface area contributed by atoms with Crippen molar-refractivity contribution < 1.29 is 18.1 Å². The van der Waals surface area contributed by atoms with Crippen LogP contribution in [0.3, 0.4) is 0 Å². The zero-order valence-electron chi connectivity index (χ0n) is 32.2. The van der Waals surface area contributed by atoms with Gasteiger partial charge in [0, 0.05) is 78.5 Å². The number of hydrogen-bond acceptors (Lipinski definition) is 11. The molecular weight excluding hydrogens is 747 g/mol. The molecule has 2 fully saturated rings. The quantitative estimate of drug-likeness (QED) is 0.0563. The van der Waals surface area contributed by atoms with E-state index < -0.39 is 20.9 Å². The Balaban J connectivity index is 1.04. The summed E-state index contributed by atoms with van der Waals surface area (Å²) in [7, 11) is -0.486. The molecule has 1 aliphatic heterocycles. The highest BCUT2D eigenvalue weighted by Crippen LogP contribution is 2.31. The lowest BCUT2D eigenvalue weighted by Crippen LogP contribution is -2.46. The van der Waals surface area contributed by atoms with Gasteiger partial charge in [-0.3, -0.25) is 19.8 Å². The van der Waals surface area contributed by atoms with Crippen LogP contribution < -0.4 is 20.3 Å². The van der Waals surface area contributed by atoms with Crippen molar-refractivity contribution in [1.29, 1.82) is 0 Å². The average Bonchev–Trinajstić information content (AvgIpc) is 3.20. The van der Waals surface area contributed by atoms with Crippen molar-refractivity contribution in [2.45, 2.75) is 66.9 Å². The molecule has 1 aliphatic carbocycles. The number of para-hydroxylation sites is 1. The molecule has 14 heteroatoms. The van der Waals surface area contributed by atoms with Crippen molar-refractivity contribution in [3.63, 3.8) is 0 Å². The van der Waals surface area contributed by atoms with Crippen LogP contribution in [0.4, 0.5) is 22.7 Å². The maximum atomic E-state index is 13.4. The largest absolute Gasteiger partial charge is 0.382 e. The van der Waals surface area contributed by atoms with Gasteiger partial charge in [-0.15, -0.1) is 11.8 Å². The third-order valence-corrected chi connectivity index (χ3v) is 12.9. The van der Waals surface area contributed by atoms with Gasteiger partial charge in [0.1, 0.15) is 5.69 Å². The lowest BCUT2D eigenvalue weighted by molar-refractivity contribution is -0.384. The number of anilines is 3. The van der Waals surface area contributed by atoms with Crippen molar-refractivity contribution in [2.75, 3.05) is 68.1 Å². The van der Waals surface area contributed by atoms with Crippen molar-refractivity contribution in [1.82, 2.24) is 14.5 Å². The van der Waals surface area contributed by atoms with E-state index >= 15 is 0 Å². The molecule has 1 heterocycles. The minimum absolute atomic E-state index is 0.133. The van der Waals surface area contributed by atoms with E-state index in [1.54, 1.807) is 23.9 Å². The molecule has 4 aromatic carbocycles.